The molecular weight excluding hydrogens is 220 g/mol. The van der Waals surface area contributed by atoms with Crippen LogP contribution < -0.4 is 11.1 Å². The molecule has 1 aliphatic rings. The molecule has 4 unspecified atom stereocenters. The minimum atomic E-state index is -0.362. The fourth-order valence-electron chi connectivity index (χ4n) is 2.22. The topological polar surface area (TPSA) is 55.1 Å². The van der Waals surface area contributed by atoms with Crippen LogP contribution in [0.25, 0.3) is 0 Å². The van der Waals surface area contributed by atoms with Gasteiger partial charge in [0.05, 0.1) is 10.9 Å². The van der Waals surface area contributed by atoms with Crippen LogP contribution in [-0.2, 0) is 4.79 Å². The SMILES string of the molecule is CC(C(=O)NC1CCCC(C)C1C)C(N)=S. The summed E-state index contributed by atoms with van der Waals surface area (Å²) in [7, 11) is 0. The Hall–Kier alpha value is -0.640. The van der Waals surface area contributed by atoms with Crippen molar-refractivity contribution in [3.05, 3.63) is 0 Å². The van der Waals surface area contributed by atoms with Gasteiger partial charge in [0.15, 0.2) is 0 Å². The summed E-state index contributed by atoms with van der Waals surface area (Å²) in [4.78, 5) is 12.1. The number of rotatable bonds is 3. The Morgan fingerprint density at radius 3 is 2.62 bits per heavy atom. The maximum absolute atomic E-state index is 11.8. The highest BCUT2D eigenvalue weighted by Gasteiger charge is 2.29. The van der Waals surface area contributed by atoms with Crippen molar-refractivity contribution in [1.82, 2.24) is 5.32 Å². The highest BCUT2D eigenvalue weighted by atomic mass is 32.1. The van der Waals surface area contributed by atoms with Crippen LogP contribution in [0.2, 0.25) is 0 Å². The molecule has 1 fully saturated rings. The lowest BCUT2D eigenvalue weighted by Crippen LogP contribution is -2.47. The van der Waals surface area contributed by atoms with Gasteiger partial charge in [-0.1, -0.05) is 38.9 Å². The zero-order valence-electron chi connectivity index (χ0n) is 10.3. The van der Waals surface area contributed by atoms with Crippen molar-refractivity contribution < 1.29 is 4.79 Å². The molecule has 1 rings (SSSR count). The van der Waals surface area contributed by atoms with Gasteiger partial charge < -0.3 is 11.1 Å². The van der Waals surface area contributed by atoms with Gasteiger partial charge in [-0.3, -0.25) is 4.79 Å². The maximum atomic E-state index is 11.8. The normalized spacial score (nSPS) is 31.8. The minimum Gasteiger partial charge on any atom is -0.393 e. The summed E-state index contributed by atoms with van der Waals surface area (Å²) in [5, 5.41) is 3.07. The highest BCUT2D eigenvalue weighted by Crippen LogP contribution is 2.29. The van der Waals surface area contributed by atoms with Crippen LogP contribution in [0.1, 0.15) is 40.0 Å². The van der Waals surface area contributed by atoms with Gasteiger partial charge in [-0.05, 0) is 25.2 Å². The molecule has 0 bridgehead atoms. The van der Waals surface area contributed by atoms with Crippen molar-refractivity contribution in [3.8, 4) is 0 Å². The molecule has 4 atom stereocenters. The first-order valence-corrected chi connectivity index (χ1v) is 6.44. The third-order valence-corrected chi connectivity index (χ3v) is 4.21. The van der Waals surface area contributed by atoms with Crippen molar-refractivity contribution in [1.29, 1.82) is 0 Å². The fraction of sp³-hybridized carbons (Fsp3) is 0.833. The van der Waals surface area contributed by atoms with E-state index in [-0.39, 0.29) is 22.9 Å². The predicted octanol–water partition coefficient (Wildman–Crippen LogP) is 1.85. The molecule has 1 amide bonds. The van der Waals surface area contributed by atoms with E-state index in [0.717, 1.165) is 6.42 Å². The van der Waals surface area contributed by atoms with Crippen molar-refractivity contribution in [2.45, 2.75) is 46.1 Å². The van der Waals surface area contributed by atoms with Gasteiger partial charge in [0.25, 0.3) is 0 Å². The van der Waals surface area contributed by atoms with Crippen molar-refractivity contribution in [3.63, 3.8) is 0 Å². The Kier molecular flexibility index (Phi) is 4.71. The number of thiocarbonyl (C=S) groups is 1. The van der Waals surface area contributed by atoms with Gasteiger partial charge in [-0.2, -0.15) is 0 Å². The van der Waals surface area contributed by atoms with Gasteiger partial charge in [0.1, 0.15) is 0 Å². The van der Waals surface area contributed by atoms with Crippen LogP contribution in [0.3, 0.4) is 0 Å². The van der Waals surface area contributed by atoms with E-state index in [1.165, 1.54) is 12.8 Å². The molecule has 4 heteroatoms. The van der Waals surface area contributed by atoms with E-state index in [9.17, 15) is 4.79 Å². The van der Waals surface area contributed by atoms with E-state index in [1.807, 2.05) is 0 Å². The first-order chi connectivity index (χ1) is 7.43. The van der Waals surface area contributed by atoms with Crippen molar-refractivity contribution >= 4 is 23.1 Å². The molecule has 92 valence electrons. The summed E-state index contributed by atoms with van der Waals surface area (Å²) < 4.78 is 0. The van der Waals surface area contributed by atoms with E-state index in [0.29, 0.717) is 11.8 Å². The van der Waals surface area contributed by atoms with E-state index in [1.54, 1.807) is 6.92 Å². The molecule has 0 aromatic rings. The first kappa shape index (κ1) is 13.4. The molecule has 0 aliphatic heterocycles. The van der Waals surface area contributed by atoms with Gasteiger partial charge in [0.2, 0.25) is 5.91 Å². The summed E-state index contributed by atoms with van der Waals surface area (Å²) in [6.07, 6.45) is 3.53. The number of hydrogen-bond acceptors (Lipinski definition) is 2. The van der Waals surface area contributed by atoms with Gasteiger partial charge in [-0.15, -0.1) is 0 Å². The zero-order chi connectivity index (χ0) is 12.3. The Labute approximate surface area is 103 Å². The van der Waals surface area contributed by atoms with Crippen LogP contribution in [-0.4, -0.2) is 16.9 Å². The summed E-state index contributed by atoms with van der Waals surface area (Å²) >= 11 is 4.83. The summed E-state index contributed by atoms with van der Waals surface area (Å²) in [6.45, 7) is 6.22. The van der Waals surface area contributed by atoms with E-state index < -0.39 is 0 Å². The highest BCUT2D eigenvalue weighted by molar-refractivity contribution is 7.80. The van der Waals surface area contributed by atoms with E-state index in [2.05, 4.69) is 19.2 Å². The number of nitrogens with two attached hydrogens (primary N) is 1. The fourth-order valence-corrected chi connectivity index (χ4v) is 2.33. The monoisotopic (exact) mass is 242 g/mol. The molecule has 3 N–H and O–H groups in total. The molecule has 3 nitrogen and oxygen atoms in total. The molecule has 0 spiro atoms. The van der Waals surface area contributed by atoms with Gasteiger partial charge in [-0.25, -0.2) is 0 Å². The molecule has 0 aromatic carbocycles. The number of amides is 1. The number of carbonyl (C=O) groups is 1. The molecule has 1 saturated carbocycles. The lowest BCUT2D eigenvalue weighted by Gasteiger charge is -2.35. The Bertz CT molecular complexity index is 280. The van der Waals surface area contributed by atoms with Crippen LogP contribution >= 0.6 is 12.2 Å². The van der Waals surface area contributed by atoms with E-state index >= 15 is 0 Å². The Morgan fingerprint density at radius 2 is 2.06 bits per heavy atom. The lowest BCUT2D eigenvalue weighted by atomic mass is 9.78. The predicted molar refractivity (Wildman–Crippen MR) is 70.1 cm³/mol. The zero-order valence-corrected chi connectivity index (χ0v) is 11.1. The van der Waals surface area contributed by atoms with Gasteiger partial charge >= 0.3 is 0 Å². The quantitative estimate of drug-likeness (QED) is 0.743. The van der Waals surface area contributed by atoms with Crippen LogP contribution in [0.15, 0.2) is 0 Å². The van der Waals surface area contributed by atoms with Crippen LogP contribution in [0, 0.1) is 17.8 Å². The standard InChI is InChI=1S/C12H22N2OS/c1-7-5-4-6-10(8(7)2)14-12(15)9(3)11(13)16/h7-10H,4-6H2,1-3H3,(H2,13,16)(H,14,15). The molecule has 0 saturated heterocycles. The second-order valence-electron chi connectivity index (χ2n) is 5.01. The molecule has 0 aromatic heterocycles. The maximum Gasteiger partial charge on any atom is 0.229 e. The van der Waals surface area contributed by atoms with Crippen LogP contribution in [0.4, 0.5) is 0 Å². The molecular formula is C12H22N2OS. The summed E-state index contributed by atoms with van der Waals surface area (Å²) in [5.41, 5.74) is 5.47. The average molecular weight is 242 g/mol. The largest absolute Gasteiger partial charge is 0.393 e. The lowest BCUT2D eigenvalue weighted by molar-refractivity contribution is -0.124. The molecule has 1 aliphatic carbocycles. The molecule has 0 radical (unpaired) electrons. The summed E-state index contributed by atoms with van der Waals surface area (Å²) in [6, 6.07) is 0.285. The Balaban J connectivity index is 2.53. The molecule has 0 heterocycles. The van der Waals surface area contributed by atoms with Crippen molar-refractivity contribution in [2.75, 3.05) is 0 Å². The van der Waals surface area contributed by atoms with Gasteiger partial charge in [0, 0.05) is 6.04 Å². The second kappa shape index (κ2) is 5.62. The van der Waals surface area contributed by atoms with Crippen LogP contribution in [0.5, 0.6) is 0 Å². The third kappa shape index (κ3) is 3.17. The number of nitrogens with one attached hydrogen (secondary N) is 1. The first-order valence-electron chi connectivity index (χ1n) is 6.03. The minimum absolute atomic E-state index is 0.0292. The second-order valence-corrected chi connectivity index (χ2v) is 5.48. The number of hydrogen-bond donors (Lipinski definition) is 2. The third-order valence-electron chi connectivity index (χ3n) is 3.85. The van der Waals surface area contributed by atoms with E-state index in [4.69, 9.17) is 18.0 Å². The Morgan fingerprint density at radius 1 is 1.44 bits per heavy atom. The smallest absolute Gasteiger partial charge is 0.229 e. The van der Waals surface area contributed by atoms with Crippen molar-refractivity contribution in [2.24, 2.45) is 23.5 Å². The molecule has 16 heavy (non-hydrogen) atoms. The number of carbonyl (C=O) groups excluding carboxylic acids is 1. The summed E-state index contributed by atoms with van der Waals surface area (Å²) in [5.74, 6) is 0.827. The average Bonchev–Trinajstić information content (AvgIpc) is 2.23.